The van der Waals surface area contributed by atoms with Crippen LogP contribution in [0.2, 0.25) is 0 Å². The van der Waals surface area contributed by atoms with Crippen LogP contribution in [0.25, 0.3) is 0 Å². The SMILES string of the molecule is Nc1cnc(CNC2CC2)[nH]1. The third kappa shape index (κ3) is 1.71. The van der Waals surface area contributed by atoms with Crippen molar-refractivity contribution >= 4 is 5.82 Å². The summed E-state index contributed by atoms with van der Waals surface area (Å²) in [6.07, 6.45) is 4.25. The highest BCUT2D eigenvalue weighted by molar-refractivity contribution is 5.24. The molecule has 2 rings (SSSR count). The lowest BCUT2D eigenvalue weighted by Crippen LogP contribution is -2.16. The molecule has 1 aliphatic rings. The molecule has 1 saturated carbocycles. The Bertz CT molecular complexity index is 238. The molecule has 0 bridgehead atoms. The van der Waals surface area contributed by atoms with Crippen LogP contribution in [0.15, 0.2) is 6.20 Å². The number of aromatic nitrogens is 2. The van der Waals surface area contributed by atoms with E-state index in [0.29, 0.717) is 5.82 Å². The van der Waals surface area contributed by atoms with Gasteiger partial charge in [-0.3, -0.25) is 0 Å². The summed E-state index contributed by atoms with van der Waals surface area (Å²) < 4.78 is 0. The van der Waals surface area contributed by atoms with Crippen molar-refractivity contribution in [2.75, 3.05) is 5.73 Å². The van der Waals surface area contributed by atoms with E-state index >= 15 is 0 Å². The molecule has 4 N–H and O–H groups in total. The van der Waals surface area contributed by atoms with Gasteiger partial charge in [-0.2, -0.15) is 0 Å². The van der Waals surface area contributed by atoms with E-state index < -0.39 is 0 Å². The summed E-state index contributed by atoms with van der Waals surface area (Å²) in [7, 11) is 0. The molecular formula is C7H12N4. The zero-order chi connectivity index (χ0) is 7.68. The van der Waals surface area contributed by atoms with Gasteiger partial charge in [-0.1, -0.05) is 0 Å². The normalized spacial score (nSPS) is 17.1. The molecule has 0 atom stereocenters. The second-order valence-corrected chi connectivity index (χ2v) is 2.94. The van der Waals surface area contributed by atoms with Gasteiger partial charge in [0.1, 0.15) is 11.6 Å². The molecule has 1 aromatic rings. The van der Waals surface area contributed by atoms with Crippen LogP contribution in [0.3, 0.4) is 0 Å². The van der Waals surface area contributed by atoms with Crippen LogP contribution < -0.4 is 11.1 Å². The first-order chi connectivity index (χ1) is 5.34. The zero-order valence-electron chi connectivity index (χ0n) is 6.30. The Kier molecular flexibility index (Phi) is 1.54. The maximum Gasteiger partial charge on any atom is 0.121 e. The minimum absolute atomic E-state index is 0.637. The average molecular weight is 152 g/mol. The van der Waals surface area contributed by atoms with Crippen LogP contribution in [0.4, 0.5) is 5.82 Å². The summed E-state index contributed by atoms with van der Waals surface area (Å²) in [5.41, 5.74) is 5.45. The standard InChI is InChI=1S/C7H12N4/c8-6-3-10-7(11-6)4-9-5-1-2-5/h3,5,9H,1-2,4,8H2,(H,10,11). The Morgan fingerprint density at radius 3 is 3.09 bits per heavy atom. The lowest BCUT2D eigenvalue weighted by molar-refractivity contribution is 0.664. The number of nitrogens with one attached hydrogen (secondary N) is 2. The van der Waals surface area contributed by atoms with E-state index in [1.807, 2.05) is 0 Å². The molecule has 4 heteroatoms. The second-order valence-electron chi connectivity index (χ2n) is 2.94. The lowest BCUT2D eigenvalue weighted by atomic mass is 10.5. The van der Waals surface area contributed by atoms with E-state index in [9.17, 15) is 0 Å². The second kappa shape index (κ2) is 2.54. The van der Waals surface area contributed by atoms with Crippen LogP contribution in [0.1, 0.15) is 18.7 Å². The van der Waals surface area contributed by atoms with Crippen molar-refractivity contribution in [3.63, 3.8) is 0 Å². The van der Waals surface area contributed by atoms with Crippen LogP contribution in [-0.2, 0) is 6.54 Å². The van der Waals surface area contributed by atoms with Crippen molar-refractivity contribution in [2.24, 2.45) is 0 Å². The summed E-state index contributed by atoms with van der Waals surface area (Å²) in [6, 6.07) is 0.723. The number of nitrogens with two attached hydrogens (primary N) is 1. The first-order valence-corrected chi connectivity index (χ1v) is 3.87. The third-order valence-corrected chi connectivity index (χ3v) is 1.78. The quantitative estimate of drug-likeness (QED) is 0.581. The number of imidazole rings is 1. The summed E-state index contributed by atoms with van der Waals surface area (Å²) >= 11 is 0. The molecular weight excluding hydrogens is 140 g/mol. The van der Waals surface area contributed by atoms with E-state index in [0.717, 1.165) is 18.4 Å². The number of rotatable bonds is 3. The molecule has 1 aromatic heterocycles. The fraction of sp³-hybridized carbons (Fsp3) is 0.571. The molecule has 1 heterocycles. The van der Waals surface area contributed by atoms with Gasteiger partial charge in [0.05, 0.1) is 12.7 Å². The number of anilines is 1. The Hall–Kier alpha value is -1.03. The minimum atomic E-state index is 0.637. The molecule has 1 fully saturated rings. The summed E-state index contributed by atoms with van der Waals surface area (Å²) in [4.78, 5) is 7.04. The summed E-state index contributed by atoms with van der Waals surface area (Å²) in [6.45, 7) is 0.807. The fourth-order valence-corrected chi connectivity index (χ4v) is 0.997. The Morgan fingerprint density at radius 2 is 2.55 bits per heavy atom. The van der Waals surface area contributed by atoms with Crippen molar-refractivity contribution in [3.8, 4) is 0 Å². The maximum absolute atomic E-state index is 5.45. The Morgan fingerprint density at radius 1 is 1.73 bits per heavy atom. The number of H-pyrrole nitrogens is 1. The lowest BCUT2D eigenvalue weighted by Gasteiger charge is -1.96. The Labute approximate surface area is 65.2 Å². The predicted molar refractivity (Wildman–Crippen MR) is 42.9 cm³/mol. The van der Waals surface area contributed by atoms with Crippen molar-refractivity contribution in [2.45, 2.75) is 25.4 Å². The van der Waals surface area contributed by atoms with Gasteiger partial charge in [0.2, 0.25) is 0 Å². The number of hydrogen-bond donors (Lipinski definition) is 3. The van der Waals surface area contributed by atoms with Gasteiger partial charge in [0, 0.05) is 6.04 Å². The van der Waals surface area contributed by atoms with Gasteiger partial charge in [-0.05, 0) is 12.8 Å². The number of nitrogens with zero attached hydrogens (tertiary/aromatic N) is 1. The van der Waals surface area contributed by atoms with E-state index in [-0.39, 0.29) is 0 Å². The summed E-state index contributed by atoms with van der Waals surface area (Å²) in [5, 5.41) is 3.34. The molecule has 4 nitrogen and oxygen atoms in total. The van der Waals surface area contributed by atoms with E-state index in [4.69, 9.17) is 5.73 Å². The highest BCUT2D eigenvalue weighted by Crippen LogP contribution is 2.18. The molecule has 0 saturated heterocycles. The van der Waals surface area contributed by atoms with Crippen molar-refractivity contribution < 1.29 is 0 Å². The van der Waals surface area contributed by atoms with Gasteiger partial charge >= 0.3 is 0 Å². The molecule has 0 spiro atoms. The minimum Gasteiger partial charge on any atom is -0.384 e. The van der Waals surface area contributed by atoms with Crippen molar-refractivity contribution in [1.82, 2.24) is 15.3 Å². The van der Waals surface area contributed by atoms with Gasteiger partial charge in [0.15, 0.2) is 0 Å². The van der Waals surface area contributed by atoms with Crippen LogP contribution >= 0.6 is 0 Å². The molecule has 1 aliphatic carbocycles. The molecule has 0 unspecified atom stereocenters. The number of hydrogen-bond acceptors (Lipinski definition) is 3. The predicted octanol–water partition coefficient (Wildman–Crippen LogP) is 0.244. The molecule has 60 valence electrons. The van der Waals surface area contributed by atoms with Crippen LogP contribution in [0.5, 0.6) is 0 Å². The topological polar surface area (TPSA) is 66.7 Å². The van der Waals surface area contributed by atoms with Gasteiger partial charge in [-0.15, -0.1) is 0 Å². The van der Waals surface area contributed by atoms with Gasteiger partial charge in [0.25, 0.3) is 0 Å². The zero-order valence-corrected chi connectivity index (χ0v) is 6.30. The van der Waals surface area contributed by atoms with E-state index in [1.165, 1.54) is 12.8 Å². The monoisotopic (exact) mass is 152 g/mol. The van der Waals surface area contributed by atoms with Crippen molar-refractivity contribution in [1.29, 1.82) is 0 Å². The number of aromatic amines is 1. The van der Waals surface area contributed by atoms with Crippen LogP contribution in [0, 0.1) is 0 Å². The largest absolute Gasteiger partial charge is 0.384 e. The highest BCUT2D eigenvalue weighted by atomic mass is 15.0. The molecule has 0 aromatic carbocycles. The van der Waals surface area contributed by atoms with Crippen molar-refractivity contribution in [3.05, 3.63) is 12.0 Å². The molecule has 0 radical (unpaired) electrons. The third-order valence-electron chi connectivity index (χ3n) is 1.78. The molecule has 0 aliphatic heterocycles. The summed E-state index contributed by atoms with van der Waals surface area (Å²) in [5.74, 6) is 1.56. The molecule has 11 heavy (non-hydrogen) atoms. The smallest absolute Gasteiger partial charge is 0.121 e. The van der Waals surface area contributed by atoms with E-state index in [2.05, 4.69) is 15.3 Å². The maximum atomic E-state index is 5.45. The van der Waals surface area contributed by atoms with Crippen LogP contribution in [-0.4, -0.2) is 16.0 Å². The van der Waals surface area contributed by atoms with Gasteiger partial charge < -0.3 is 16.0 Å². The average Bonchev–Trinajstić information content (AvgIpc) is 2.72. The highest BCUT2D eigenvalue weighted by Gasteiger charge is 2.20. The van der Waals surface area contributed by atoms with E-state index in [1.54, 1.807) is 6.20 Å². The molecule has 0 amide bonds. The number of nitrogen functional groups attached to an aromatic ring is 1. The van der Waals surface area contributed by atoms with Gasteiger partial charge in [-0.25, -0.2) is 4.98 Å². The fourth-order valence-electron chi connectivity index (χ4n) is 0.997. The first-order valence-electron chi connectivity index (χ1n) is 3.87. The Balaban J connectivity index is 1.85. The first kappa shape index (κ1) is 6.67.